The molecule has 0 aliphatic heterocycles. The Hall–Kier alpha value is -1.42. The Balaban J connectivity index is 2.99. The molecule has 0 saturated carbocycles. The second-order valence-corrected chi connectivity index (χ2v) is 3.36. The average molecular weight is 225 g/mol. The largest absolute Gasteiger partial charge is 0.383 e. The third-order valence-electron chi connectivity index (χ3n) is 2.44. The van der Waals surface area contributed by atoms with E-state index in [1.807, 2.05) is 11.8 Å². The monoisotopic (exact) mass is 225 g/mol. The van der Waals surface area contributed by atoms with Crippen molar-refractivity contribution in [2.75, 3.05) is 31.7 Å². The number of hydrogen-bond donors (Lipinski definition) is 0. The standard InChI is InChI=1S/C12H16FNO2/c1-3-14(7-8-16-2)12-6-4-5-11(13)10(12)9-15/h4-6,9H,3,7-8H2,1-2H3. The van der Waals surface area contributed by atoms with Gasteiger partial charge in [0.05, 0.1) is 17.9 Å². The van der Waals surface area contributed by atoms with Crippen molar-refractivity contribution in [1.29, 1.82) is 0 Å². The molecule has 0 atom stereocenters. The first-order chi connectivity index (χ1) is 7.74. The SMILES string of the molecule is CCN(CCOC)c1cccc(F)c1C=O. The summed E-state index contributed by atoms with van der Waals surface area (Å²) in [6, 6.07) is 4.64. The van der Waals surface area contributed by atoms with Crippen molar-refractivity contribution in [1.82, 2.24) is 0 Å². The van der Waals surface area contributed by atoms with Gasteiger partial charge < -0.3 is 9.64 Å². The number of carbonyl (C=O) groups excluding carboxylic acids is 1. The molecule has 0 N–H and O–H groups in total. The molecule has 88 valence electrons. The Bertz CT molecular complexity index is 355. The molecule has 0 unspecified atom stereocenters. The first-order valence-corrected chi connectivity index (χ1v) is 5.22. The lowest BCUT2D eigenvalue weighted by Crippen LogP contribution is -2.28. The van der Waals surface area contributed by atoms with Gasteiger partial charge in [-0.05, 0) is 19.1 Å². The Kier molecular flexibility index (Phi) is 4.92. The minimum Gasteiger partial charge on any atom is -0.383 e. The number of benzene rings is 1. The summed E-state index contributed by atoms with van der Waals surface area (Å²) < 4.78 is 18.4. The number of likely N-dealkylation sites (N-methyl/N-ethyl adjacent to an activating group) is 1. The number of nitrogens with zero attached hydrogens (tertiary/aromatic N) is 1. The quantitative estimate of drug-likeness (QED) is 0.694. The second-order valence-electron chi connectivity index (χ2n) is 3.36. The smallest absolute Gasteiger partial charge is 0.155 e. The summed E-state index contributed by atoms with van der Waals surface area (Å²) in [7, 11) is 1.61. The number of aldehydes is 1. The number of rotatable bonds is 6. The highest BCUT2D eigenvalue weighted by Gasteiger charge is 2.12. The van der Waals surface area contributed by atoms with Crippen LogP contribution in [0.25, 0.3) is 0 Å². The molecule has 0 radical (unpaired) electrons. The number of carbonyl (C=O) groups is 1. The highest BCUT2D eigenvalue weighted by atomic mass is 19.1. The molecule has 0 saturated heterocycles. The zero-order valence-corrected chi connectivity index (χ0v) is 9.57. The summed E-state index contributed by atoms with van der Waals surface area (Å²) in [4.78, 5) is 12.8. The van der Waals surface area contributed by atoms with Crippen molar-refractivity contribution in [3.8, 4) is 0 Å². The predicted octanol–water partition coefficient (Wildman–Crippen LogP) is 2.11. The van der Waals surface area contributed by atoms with Crippen molar-refractivity contribution in [3.05, 3.63) is 29.6 Å². The number of methoxy groups -OCH3 is 1. The van der Waals surface area contributed by atoms with E-state index in [9.17, 15) is 9.18 Å². The number of hydrogen-bond acceptors (Lipinski definition) is 3. The highest BCUT2D eigenvalue weighted by molar-refractivity contribution is 5.85. The van der Waals surface area contributed by atoms with Gasteiger partial charge in [-0.15, -0.1) is 0 Å². The van der Waals surface area contributed by atoms with E-state index in [0.29, 0.717) is 31.7 Å². The van der Waals surface area contributed by atoms with Gasteiger partial charge in [0.1, 0.15) is 5.82 Å². The van der Waals surface area contributed by atoms with Crippen LogP contribution in [0.5, 0.6) is 0 Å². The van der Waals surface area contributed by atoms with Crippen molar-refractivity contribution in [3.63, 3.8) is 0 Å². The van der Waals surface area contributed by atoms with Crippen molar-refractivity contribution in [2.24, 2.45) is 0 Å². The Morgan fingerprint density at radius 3 is 2.81 bits per heavy atom. The first-order valence-electron chi connectivity index (χ1n) is 5.22. The van der Waals surface area contributed by atoms with Crippen LogP contribution in [0.1, 0.15) is 17.3 Å². The summed E-state index contributed by atoms with van der Waals surface area (Å²) >= 11 is 0. The van der Waals surface area contributed by atoms with Gasteiger partial charge in [0, 0.05) is 20.2 Å². The van der Waals surface area contributed by atoms with Gasteiger partial charge in [0.2, 0.25) is 0 Å². The van der Waals surface area contributed by atoms with Crippen LogP contribution in [0.2, 0.25) is 0 Å². The van der Waals surface area contributed by atoms with E-state index in [2.05, 4.69) is 0 Å². The summed E-state index contributed by atoms with van der Waals surface area (Å²) in [5.74, 6) is -0.483. The van der Waals surface area contributed by atoms with Crippen LogP contribution >= 0.6 is 0 Å². The Labute approximate surface area is 94.8 Å². The van der Waals surface area contributed by atoms with E-state index < -0.39 is 5.82 Å². The summed E-state index contributed by atoms with van der Waals surface area (Å²) in [5.41, 5.74) is 0.731. The Morgan fingerprint density at radius 2 is 2.25 bits per heavy atom. The van der Waals surface area contributed by atoms with Crippen molar-refractivity contribution in [2.45, 2.75) is 6.92 Å². The van der Waals surface area contributed by atoms with Gasteiger partial charge in [-0.1, -0.05) is 6.07 Å². The lowest BCUT2D eigenvalue weighted by atomic mass is 10.1. The molecule has 0 spiro atoms. The van der Waals surface area contributed by atoms with Crippen LogP contribution in [0, 0.1) is 5.82 Å². The van der Waals surface area contributed by atoms with E-state index in [1.54, 1.807) is 19.2 Å². The maximum absolute atomic E-state index is 13.4. The molecule has 1 rings (SSSR count). The lowest BCUT2D eigenvalue weighted by Gasteiger charge is -2.24. The molecule has 4 heteroatoms. The molecule has 0 amide bonds. The lowest BCUT2D eigenvalue weighted by molar-refractivity contribution is 0.112. The first kappa shape index (κ1) is 12.6. The van der Waals surface area contributed by atoms with Gasteiger partial charge in [0.15, 0.2) is 6.29 Å². The fourth-order valence-corrected chi connectivity index (χ4v) is 1.57. The number of ether oxygens (including phenoxy) is 1. The topological polar surface area (TPSA) is 29.5 Å². The van der Waals surface area contributed by atoms with Crippen LogP contribution in [-0.4, -0.2) is 33.1 Å². The zero-order valence-electron chi connectivity index (χ0n) is 9.57. The molecule has 1 aromatic rings. The highest BCUT2D eigenvalue weighted by Crippen LogP contribution is 2.21. The van der Waals surface area contributed by atoms with Gasteiger partial charge in [-0.25, -0.2) is 4.39 Å². The molecule has 1 aromatic carbocycles. The summed E-state index contributed by atoms with van der Waals surface area (Å²) in [5, 5.41) is 0. The second kappa shape index (κ2) is 6.23. The fourth-order valence-electron chi connectivity index (χ4n) is 1.57. The van der Waals surface area contributed by atoms with Crippen LogP contribution in [0.3, 0.4) is 0 Å². The molecule has 0 heterocycles. The van der Waals surface area contributed by atoms with Crippen molar-refractivity contribution >= 4 is 12.0 Å². The van der Waals surface area contributed by atoms with Gasteiger partial charge >= 0.3 is 0 Å². The molecular formula is C12H16FNO2. The summed E-state index contributed by atoms with van der Waals surface area (Å²) in [6.45, 7) is 3.84. The minimum absolute atomic E-state index is 0.112. The van der Waals surface area contributed by atoms with Crippen LogP contribution < -0.4 is 4.90 Å². The molecular weight excluding hydrogens is 209 g/mol. The maximum Gasteiger partial charge on any atom is 0.155 e. The Morgan fingerprint density at radius 1 is 1.50 bits per heavy atom. The third kappa shape index (κ3) is 2.79. The number of anilines is 1. The van der Waals surface area contributed by atoms with E-state index in [-0.39, 0.29) is 5.56 Å². The minimum atomic E-state index is -0.483. The van der Waals surface area contributed by atoms with Crippen LogP contribution in [0.15, 0.2) is 18.2 Å². The molecule has 0 aromatic heterocycles. The van der Waals surface area contributed by atoms with E-state index in [0.717, 1.165) is 0 Å². The zero-order chi connectivity index (χ0) is 12.0. The number of halogens is 1. The molecule has 0 aliphatic rings. The van der Waals surface area contributed by atoms with Crippen LogP contribution in [-0.2, 0) is 4.74 Å². The predicted molar refractivity (Wildman–Crippen MR) is 61.6 cm³/mol. The van der Waals surface area contributed by atoms with Gasteiger partial charge in [-0.3, -0.25) is 4.79 Å². The molecule has 0 fully saturated rings. The van der Waals surface area contributed by atoms with E-state index in [4.69, 9.17) is 4.74 Å². The van der Waals surface area contributed by atoms with E-state index in [1.165, 1.54) is 6.07 Å². The molecule has 0 aliphatic carbocycles. The van der Waals surface area contributed by atoms with Crippen LogP contribution in [0.4, 0.5) is 10.1 Å². The normalized spacial score (nSPS) is 10.2. The fraction of sp³-hybridized carbons (Fsp3) is 0.417. The summed E-state index contributed by atoms with van der Waals surface area (Å²) in [6.07, 6.45) is 0.556. The molecule has 3 nitrogen and oxygen atoms in total. The van der Waals surface area contributed by atoms with Crippen molar-refractivity contribution < 1.29 is 13.9 Å². The molecule has 0 bridgehead atoms. The van der Waals surface area contributed by atoms with Gasteiger partial charge in [0.25, 0.3) is 0 Å². The third-order valence-corrected chi connectivity index (χ3v) is 2.44. The maximum atomic E-state index is 13.4. The van der Waals surface area contributed by atoms with Gasteiger partial charge in [-0.2, -0.15) is 0 Å². The van der Waals surface area contributed by atoms with E-state index >= 15 is 0 Å². The average Bonchev–Trinajstić information content (AvgIpc) is 2.30. The molecule has 16 heavy (non-hydrogen) atoms.